The van der Waals surface area contributed by atoms with Gasteiger partial charge in [-0.15, -0.1) is 0 Å². The van der Waals surface area contributed by atoms with Crippen LogP contribution in [0.3, 0.4) is 0 Å². The molecule has 19 heavy (non-hydrogen) atoms. The Morgan fingerprint density at radius 2 is 1.74 bits per heavy atom. The summed E-state index contributed by atoms with van der Waals surface area (Å²) in [6.07, 6.45) is -0.136. The van der Waals surface area contributed by atoms with Gasteiger partial charge in [0.15, 0.2) is 0 Å². The molecule has 0 aromatic heterocycles. The fourth-order valence-corrected chi connectivity index (χ4v) is 3.51. The molecule has 0 spiro atoms. The molecule has 0 amide bonds. The van der Waals surface area contributed by atoms with Crippen molar-refractivity contribution in [1.82, 2.24) is 4.90 Å². The van der Waals surface area contributed by atoms with E-state index in [9.17, 15) is 13.2 Å². The predicted octanol–water partition coefficient (Wildman–Crippen LogP) is 3.02. The number of hydrogen-bond acceptors (Lipinski definition) is 2. The average molecular weight is 278 g/mol. The first-order valence-electron chi connectivity index (χ1n) is 7.41. The van der Waals surface area contributed by atoms with Gasteiger partial charge in [0, 0.05) is 12.6 Å². The molecular weight excluding hydrogens is 253 g/mol. The molecule has 112 valence electrons. The highest BCUT2D eigenvalue weighted by Crippen LogP contribution is 2.35. The third-order valence-electron chi connectivity index (χ3n) is 4.85. The zero-order chi connectivity index (χ0) is 14.0. The Labute approximate surface area is 113 Å². The van der Waals surface area contributed by atoms with Crippen LogP contribution in [-0.4, -0.2) is 36.8 Å². The molecule has 2 fully saturated rings. The van der Waals surface area contributed by atoms with E-state index in [0.29, 0.717) is 24.9 Å². The van der Waals surface area contributed by atoms with Crippen molar-refractivity contribution in [1.29, 1.82) is 0 Å². The van der Waals surface area contributed by atoms with E-state index in [0.717, 1.165) is 19.4 Å². The first kappa shape index (κ1) is 15.1. The van der Waals surface area contributed by atoms with Crippen LogP contribution in [0.4, 0.5) is 13.2 Å². The monoisotopic (exact) mass is 278 g/mol. The molecule has 3 atom stereocenters. The Kier molecular flexibility index (Phi) is 4.77. The van der Waals surface area contributed by atoms with Crippen molar-refractivity contribution in [2.24, 2.45) is 23.5 Å². The summed E-state index contributed by atoms with van der Waals surface area (Å²) >= 11 is 0. The number of nitrogens with zero attached hydrogens (tertiary/aromatic N) is 1. The summed E-state index contributed by atoms with van der Waals surface area (Å²) in [6.45, 7) is 4.27. The SMILES string of the molecule is CC1CCC(N)C(CN2CCC(C(F)(F)F)CC2)C1. The van der Waals surface area contributed by atoms with Crippen LogP contribution >= 0.6 is 0 Å². The summed E-state index contributed by atoms with van der Waals surface area (Å²) in [7, 11) is 0. The lowest BCUT2D eigenvalue weighted by molar-refractivity contribution is -0.185. The van der Waals surface area contributed by atoms with Crippen molar-refractivity contribution in [3.63, 3.8) is 0 Å². The van der Waals surface area contributed by atoms with Crippen LogP contribution in [0.2, 0.25) is 0 Å². The number of likely N-dealkylation sites (tertiary alicyclic amines) is 1. The predicted molar refractivity (Wildman–Crippen MR) is 69.7 cm³/mol. The lowest BCUT2D eigenvalue weighted by atomic mass is 9.78. The van der Waals surface area contributed by atoms with E-state index in [-0.39, 0.29) is 18.9 Å². The van der Waals surface area contributed by atoms with E-state index < -0.39 is 12.1 Å². The molecule has 5 heteroatoms. The fraction of sp³-hybridized carbons (Fsp3) is 1.00. The van der Waals surface area contributed by atoms with Gasteiger partial charge in [-0.2, -0.15) is 13.2 Å². The minimum absolute atomic E-state index is 0.233. The molecule has 2 rings (SSSR count). The van der Waals surface area contributed by atoms with Crippen LogP contribution < -0.4 is 5.73 Å². The molecule has 0 radical (unpaired) electrons. The van der Waals surface area contributed by atoms with Gasteiger partial charge in [-0.3, -0.25) is 0 Å². The summed E-state index contributed by atoms with van der Waals surface area (Å²) in [5, 5.41) is 0. The number of nitrogens with two attached hydrogens (primary N) is 1. The Hall–Kier alpha value is -0.290. The molecule has 1 saturated carbocycles. The van der Waals surface area contributed by atoms with Crippen LogP contribution in [0, 0.1) is 17.8 Å². The second-order valence-electron chi connectivity index (χ2n) is 6.46. The minimum Gasteiger partial charge on any atom is -0.327 e. The summed E-state index contributed by atoms with van der Waals surface area (Å²) in [5.41, 5.74) is 6.15. The van der Waals surface area contributed by atoms with Gasteiger partial charge in [0.05, 0.1) is 5.92 Å². The van der Waals surface area contributed by atoms with Crippen LogP contribution in [-0.2, 0) is 0 Å². The molecule has 2 N–H and O–H groups in total. The van der Waals surface area contributed by atoms with Gasteiger partial charge in [0.1, 0.15) is 0 Å². The van der Waals surface area contributed by atoms with Crippen LogP contribution in [0.5, 0.6) is 0 Å². The summed E-state index contributed by atoms with van der Waals surface area (Å²) in [5.74, 6) is 0.0754. The maximum absolute atomic E-state index is 12.6. The van der Waals surface area contributed by atoms with E-state index >= 15 is 0 Å². The molecule has 1 saturated heterocycles. The van der Waals surface area contributed by atoms with Crippen LogP contribution in [0.15, 0.2) is 0 Å². The van der Waals surface area contributed by atoms with Crippen LogP contribution in [0.1, 0.15) is 39.0 Å². The quantitative estimate of drug-likeness (QED) is 0.841. The maximum atomic E-state index is 12.6. The van der Waals surface area contributed by atoms with Crippen molar-refractivity contribution in [2.45, 2.75) is 51.2 Å². The maximum Gasteiger partial charge on any atom is 0.391 e. The Morgan fingerprint density at radius 1 is 1.11 bits per heavy atom. The van der Waals surface area contributed by atoms with Crippen LogP contribution in [0.25, 0.3) is 0 Å². The van der Waals surface area contributed by atoms with Gasteiger partial charge in [-0.1, -0.05) is 6.92 Å². The lowest BCUT2D eigenvalue weighted by Gasteiger charge is -2.39. The molecule has 1 heterocycles. The van der Waals surface area contributed by atoms with Gasteiger partial charge in [0.2, 0.25) is 0 Å². The molecule has 3 unspecified atom stereocenters. The van der Waals surface area contributed by atoms with Crippen molar-refractivity contribution in [3.05, 3.63) is 0 Å². The standard InChI is InChI=1S/C14H25F3N2/c1-10-2-3-13(18)11(8-10)9-19-6-4-12(5-7-19)14(15,16)17/h10-13H,2-9,18H2,1H3. The molecule has 0 bridgehead atoms. The van der Waals surface area contributed by atoms with Gasteiger partial charge in [0.25, 0.3) is 0 Å². The first-order chi connectivity index (χ1) is 8.86. The van der Waals surface area contributed by atoms with Crippen molar-refractivity contribution >= 4 is 0 Å². The van der Waals surface area contributed by atoms with Gasteiger partial charge < -0.3 is 10.6 Å². The third-order valence-corrected chi connectivity index (χ3v) is 4.85. The molecular formula is C14H25F3N2. The first-order valence-corrected chi connectivity index (χ1v) is 7.41. The zero-order valence-electron chi connectivity index (χ0n) is 11.6. The molecule has 1 aliphatic heterocycles. The van der Waals surface area contributed by atoms with Crippen molar-refractivity contribution in [3.8, 4) is 0 Å². The summed E-state index contributed by atoms with van der Waals surface area (Å²) in [6, 6.07) is 0.233. The average Bonchev–Trinajstić information content (AvgIpc) is 2.33. The molecule has 2 aliphatic rings. The number of hydrogen-bond donors (Lipinski definition) is 1. The Morgan fingerprint density at radius 3 is 2.32 bits per heavy atom. The highest BCUT2D eigenvalue weighted by Gasteiger charge is 2.41. The second kappa shape index (κ2) is 6.00. The van der Waals surface area contributed by atoms with Crippen molar-refractivity contribution in [2.75, 3.05) is 19.6 Å². The fourth-order valence-electron chi connectivity index (χ4n) is 3.51. The van der Waals surface area contributed by atoms with E-state index in [1.807, 2.05) is 0 Å². The molecule has 0 aromatic carbocycles. The number of rotatable bonds is 2. The topological polar surface area (TPSA) is 29.3 Å². The zero-order valence-corrected chi connectivity index (χ0v) is 11.6. The van der Waals surface area contributed by atoms with E-state index in [4.69, 9.17) is 5.73 Å². The third kappa shape index (κ3) is 4.09. The van der Waals surface area contributed by atoms with Gasteiger partial charge >= 0.3 is 6.18 Å². The lowest BCUT2D eigenvalue weighted by Crippen LogP contribution is -2.46. The van der Waals surface area contributed by atoms with E-state index in [1.54, 1.807) is 0 Å². The second-order valence-corrected chi connectivity index (χ2v) is 6.46. The van der Waals surface area contributed by atoms with Gasteiger partial charge in [-0.05, 0) is 57.0 Å². The smallest absolute Gasteiger partial charge is 0.327 e. The minimum atomic E-state index is -4.01. The highest BCUT2D eigenvalue weighted by atomic mass is 19.4. The number of halogens is 3. The summed E-state index contributed by atoms with van der Waals surface area (Å²) in [4.78, 5) is 2.19. The number of alkyl halides is 3. The number of piperidine rings is 1. The molecule has 1 aliphatic carbocycles. The molecule has 0 aromatic rings. The summed E-state index contributed by atoms with van der Waals surface area (Å²) < 4.78 is 37.8. The van der Waals surface area contributed by atoms with E-state index in [1.165, 1.54) is 6.42 Å². The normalized spacial score (nSPS) is 35.5. The largest absolute Gasteiger partial charge is 0.391 e. The molecule has 2 nitrogen and oxygen atoms in total. The van der Waals surface area contributed by atoms with Crippen molar-refractivity contribution < 1.29 is 13.2 Å². The van der Waals surface area contributed by atoms with Gasteiger partial charge in [-0.25, -0.2) is 0 Å². The highest BCUT2D eigenvalue weighted by molar-refractivity contribution is 4.85. The Bertz CT molecular complexity index is 285. The Balaban J connectivity index is 1.79. The van der Waals surface area contributed by atoms with E-state index in [2.05, 4.69) is 11.8 Å².